The van der Waals surface area contributed by atoms with Gasteiger partial charge in [0, 0.05) is 6.42 Å². The van der Waals surface area contributed by atoms with Crippen LogP contribution in [0.3, 0.4) is 0 Å². The Labute approximate surface area is 119 Å². The summed E-state index contributed by atoms with van der Waals surface area (Å²) in [5.74, 6) is 6.72. The topological polar surface area (TPSA) is 33.0 Å². The van der Waals surface area contributed by atoms with E-state index >= 15 is 0 Å². The second-order valence-electron chi connectivity index (χ2n) is 4.21. The zero-order valence-electron chi connectivity index (χ0n) is 11.4. The van der Waals surface area contributed by atoms with Crippen molar-refractivity contribution in [3.05, 3.63) is 54.1 Å². The third-order valence-corrected chi connectivity index (χ3v) is 2.81. The van der Waals surface area contributed by atoms with Crippen molar-refractivity contribution >= 4 is 0 Å². The largest absolute Gasteiger partial charge is 0.481 e. The van der Waals surface area contributed by atoms with Crippen molar-refractivity contribution in [3.63, 3.8) is 0 Å². The molecule has 0 spiro atoms. The van der Waals surface area contributed by atoms with E-state index in [2.05, 4.69) is 17.9 Å². The van der Waals surface area contributed by atoms with Gasteiger partial charge in [0.05, 0.1) is 11.6 Å². The number of rotatable bonds is 3. The highest BCUT2D eigenvalue weighted by Gasteiger charge is 1.99. The average molecular weight is 261 g/mol. The fourth-order valence-corrected chi connectivity index (χ4v) is 1.78. The molecule has 0 unspecified atom stereocenters. The smallest absolute Gasteiger partial charge is 0.149 e. The summed E-state index contributed by atoms with van der Waals surface area (Å²) in [5.41, 5.74) is 2.85. The molecule has 2 heteroatoms. The second-order valence-corrected chi connectivity index (χ2v) is 4.21. The molecule has 0 fully saturated rings. The Morgan fingerprint density at radius 2 is 1.50 bits per heavy atom. The molecule has 0 amide bonds. The molecule has 0 aliphatic carbocycles. The maximum atomic E-state index is 8.78. The lowest BCUT2D eigenvalue weighted by atomic mass is 10.0. The van der Waals surface area contributed by atoms with Crippen LogP contribution in [-0.2, 0) is 0 Å². The van der Waals surface area contributed by atoms with Gasteiger partial charge in [-0.3, -0.25) is 0 Å². The monoisotopic (exact) mass is 261 g/mol. The molecule has 2 nitrogen and oxygen atoms in total. The Kier molecular flexibility index (Phi) is 4.81. The van der Waals surface area contributed by atoms with Gasteiger partial charge in [0.25, 0.3) is 0 Å². The first-order chi connectivity index (χ1) is 9.83. The van der Waals surface area contributed by atoms with Crippen molar-refractivity contribution in [2.24, 2.45) is 0 Å². The lowest BCUT2D eigenvalue weighted by Gasteiger charge is -2.05. The summed E-state index contributed by atoms with van der Waals surface area (Å²) >= 11 is 0. The van der Waals surface area contributed by atoms with E-state index in [0.717, 1.165) is 23.3 Å². The van der Waals surface area contributed by atoms with Crippen molar-refractivity contribution < 1.29 is 4.74 Å². The minimum atomic E-state index is 0.421. The van der Waals surface area contributed by atoms with Gasteiger partial charge in [-0.25, -0.2) is 0 Å². The van der Waals surface area contributed by atoms with E-state index in [1.807, 2.05) is 55.5 Å². The highest BCUT2D eigenvalue weighted by Crippen LogP contribution is 2.22. The van der Waals surface area contributed by atoms with Crippen LogP contribution in [0, 0.1) is 23.2 Å². The van der Waals surface area contributed by atoms with Gasteiger partial charge in [0.2, 0.25) is 0 Å². The molecular weight excluding hydrogens is 246 g/mol. The third-order valence-electron chi connectivity index (χ3n) is 2.81. The molecule has 0 bridgehead atoms. The zero-order chi connectivity index (χ0) is 14.2. The molecule has 2 rings (SSSR count). The van der Waals surface area contributed by atoms with E-state index in [0.29, 0.717) is 12.2 Å². The van der Waals surface area contributed by atoms with Crippen molar-refractivity contribution in [2.45, 2.75) is 13.3 Å². The number of hydrogen-bond donors (Lipinski definition) is 0. The highest BCUT2D eigenvalue weighted by atomic mass is 16.5. The zero-order valence-corrected chi connectivity index (χ0v) is 11.4. The Bertz CT molecular complexity index is 652. The normalized spacial score (nSPS) is 9.20. The number of ether oxygens (including phenoxy) is 1. The molecule has 2 aromatic carbocycles. The standard InChI is InChI=1S/C18H15NO/c1-2-3-4-13-20-18-11-9-17(10-12-18)16-7-5-15(14-19)6-8-16/h5-12H,2,13H2,1H3. The van der Waals surface area contributed by atoms with Crippen molar-refractivity contribution in [1.82, 2.24) is 0 Å². The van der Waals surface area contributed by atoms with Crippen molar-refractivity contribution in [2.75, 3.05) is 6.61 Å². The van der Waals surface area contributed by atoms with Crippen LogP contribution in [0.1, 0.15) is 18.9 Å². The number of nitriles is 1. The Hall–Kier alpha value is -2.71. The fraction of sp³-hybridized carbons (Fsp3) is 0.167. The minimum Gasteiger partial charge on any atom is -0.481 e. The van der Waals surface area contributed by atoms with Crippen LogP contribution in [0.4, 0.5) is 0 Å². The minimum absolute atomic E-state index is 0.421. The number of hydrogen-bond acceptors (Lipinski definition) is 2. The van der Waals surface area contributed by atoms with E-state index < -0.39 is 0 Å². The summed E-state index contributed by atoms with van der Waals surface area (Å²) in [5, 5.41) is 8.78. The molecule has 0 radical (unpaired) electrons. The quantitative estimate of drug-likeness (QED) is 0.782. The molecule has 0 aromatic heterocycles. The predicted octanol–water partition coefficient (Wildman–Crippen LogP) is 4.02. The van der Waals surface area contributed by atoms with Gasteiger partial charge >= 0.3 is 0 Å². The molecule has 0 atom stereocenters. The van der Waals surface area contributed by atoms with Gasteiger partial charge < -0.3 is 4.74 Å². The molecule has 20 heavy (non-hydrogen) atoms. The van der Waals surface area contributed by atoms with Crippen LogP contribution in [0.15, 0.2) is 48.5 Å². The summed E-state index contributed by atoms with van der Waals surface area (Å²) in [6.45, 7) is 2.43. The molecule has 0 heterocycles. The first kappa shape index (κ1) is 13.7. The van der Waals surface area contributed by atoms with Crippen LogP contribution in [-0.4, -0.2) is 6.61 Å². The summed E-state index contributed by atoms with van der Waals surface area (Å²) in [4.78, 5) is 0. The molecule has 2 aromatic rings. The molecule has 0 saturated heterocycles. The van der Waals surface area contributed by atoms with Crippen LogP contribution in [0.25, 0.3) is 11.1 Å². The average Bonchev–Trinajstić information content (AvgIpc) is 2.52. The van der Waals surface area contributed by atoms with Crippen molar-refractivity contribution in [1.29, 1.82) is 5.26 Å². The molecule has 0 saturated carbocycles. The van der Waals surface area contributed by atoms with Gasteiger partial charge in [-0.15, -0.1) is 5.92 Å². The summed E-state index contributed by atoms with van der Waals surface area (Å²) < 4.78 is 5.52. The van der Waals surface area contributed by atoms with Crippen LogP contribution >= 0.6 is 0 Å². The number of nitrogens with zero attached hydrogens (tertiary/aromatic N) is 1. The molecule has 0 aliphatic rings. The summed E-state index contributed by atoms with van der Waals surface area (Å²) in [7, 11) is 0. The van der Waals surface area contributed by atoms with Crippen LogP contribution < -0.4 is 4.74 Å². The van der Waals surface area contributed by atoms with E-state index in [1.165, 1.54) is 0 Å². The SMILES string of the molecule is CCC#CCOc1ccc(-c2ccc(C#N)cc2)cc1. The predicted molar refractivity (Wildman–Crippen MR) is 80.2 cm³/mol. The van der Waals surface area contributed by atoms with E-state index in [-0.39, 0.29) is 0 Å². The van der Waals surface area contributed by atoms with Gasteiger partial charge in [0.1, 0.15) is 12.4 Å². The van der Waals surface area contributed by atoms with E-state index in [4.69, 9.17) is 10.00 Å². The lowest BCUT2D eigenvalue weighted by Crippen LogP contribution is -1.93. The van der Waals surface area contributed by atoms with Gasteiger partial charge in [-0.2, -0.15) is 5.26 Å². The third kappa shape index (κ3) is 3.64. The van der Waals surface area contributed by atoms with Gasteiger partial charge in [0.15, 0.2) is 0 Å². The maximum Gasteiger partial charge on any atom is 0.149 e. The van der Waals surface area contributed by atoms with Gasteiger partial charge in [-0.1, -0.05) is 37.1 Å². The number of benzene rings is 2. The second kappa shape index (κ2) is 7.02. The molecular formula is C18H15NO. The Morgan fingerprint density at radius 1 is 0.900 bits per heavy atom. The highest BCUT2D eigenvalue weighted by molar-refractivity contribution is 5.64. The van der Waals surface area contributed by atoms with E-state index in [1.54, 1.807) is 0 Å². The first-order valence-electron chi connectivity index (χ1n) is 6.52. The summed E-state index contributed by atoms with van der Waals surface area (Å²) in [6, 6.07) is 17.5. The van der Waals surface area contributed by atoms with Gasteiger partial charge in [-0.05, 0) is 35.4 Å². The lowest BCUT2D eigenvalue weighted by molar-refractivity contribution is 0.370. The van der Waals surface area contributed by atoms with Crippen LogP contribution in [0.5, 0.6) is 5.75 Å². The van der Waals surface area contributed by atoms with Crippen LogP contribution in [0.2, 0.25) is 0 Å². The summed E-state index contributed by atoms with van der Waals surface area (Å²) in [6.07, 6.45) is 0.848. The molecule has 98 valence electrons. The first-order valence-corrected chi connectivity index (χ1v) is 6.52. The van der Waals surface area contributed by atoms with E-state index in [9.17, 15) is 0 Å². The maximum absolute atomic E-state index is 8.78. The fourth-order valence-electron chi connectivity index (χ4n) is 1.78. The molecule has 0 aliphatic heterocycles. The Morgan fingerprint density at radius 3 is 2.05 bits per heavy atom. The van der Waals surface area contributed by atoms with Crippen molar-refractivity contribution in [3.8, 4) is 34.8 Å². The molecule has 0 N–H and O–H groups in total. The Balaban J connectivity index is 2.05.